The van der Waals surface area contributed by atoms with E-state index in [-0.39, 0.29) is 11.7 Å². The van der Waals surface area contributed by atoms with Gasteiger partial charge in [0, 0.05) is 53.5 Å². The fourth-order valence-electron chi connectivity index (χ4n) is 0.431. The molecule has 0 spiro atoms. The van der Waals surface area contributed by atoms with Crippen molar-refractivity contribution >= 4 is 48.4 Å². The first-order valence-electron chi connectivity index (χ1n) is 7.71. The number of rotatable bonds is 4. The second-order valence-corrected chi connectivity index (χ2v) is 4.79. The number of hydrogen-bond donors (Lipinski definition) is 9. The van der Waals surface area contributed by atoms with E-state index >= 15 is 0 Å². The molecule has 0 bridgehead atoms. The van der Waals surface area contributed by atoms with Crippen molar-refractivity contribution in [2.75, 3.05) is 18.8 Å². The van der Waals surface area contributed by atoms with Crippen molar-refractivity contribution in [2.24, 2.45) is 11.5 Å². The smallest absolute Gasteiger partial charge is 0.327 e. The Hall–Kier alpha value is -2.91. The van der Waals surface area contributed by atoms with Crippen molar-refractivity contribution in [3.63, 3.8) is 0 Å². The summed E-state index contributed by atoms with van der Waals surface area (Å²) in [4.78, 5) is 56.5. The SMILES string of the molecule is CC(=O)NC(CS)C(=O)O.CC(=O)O.CC(=O)O.CC(=O)O.CC(=O)O.NCCN. The van der Waals surface area contributed by atoms with Crippen molar-refractivity contribution < 1.29 is 54.3 Å². The summed E-state index contributed by atoms with van der Waals surface area (Å²) in [7, 11) is 0. The number of carbonyl (C=O) groups is 6. The molecule has 0 rings (SSSR count). The van der Waals surface area contributed by atoms with Crippen LogP contribution >= 0.6 is 12.6 Å². The lowest BCUT2D eigenvalue weighted by Gasteiger charge is -2.08. The summed E-state index contributed by atoms with van der Waals surface area (Å²) in [5.41, 5.74) is 9.81. The Labute approximate surface area is 179 Å². The summed E-state index contributed by atoms with van der Waals surface area (Å²) in [5.74, 6) is -4.65. The molecule has 0 aromatic carbocycles. The molecule has 180 valence electrons. The number of carbonyl (C=O) groups excluding carboxylic acids is 1. The highest BCUT2D eigenvalue weighted by molar-refractivity contribution is 7.80. The van der Waals surface area contributed by atoms with Crippen molar-refractivity contribution in [1.82, 2.24) is 5.32 Å². The normalized spacial score (nSPS) is 8.40. The quantitative estimate of drug-likeness (QED) is 0.221. The van der Waals surface area contributed by atoms with Crippen LogP contribution < -0.4 is 16.8 Å². The van der Waals surface area contributed by atoms with Crippen molar-refractivity contribution in [3.8, 4) is 0 Å². The maximum atomic E-state index is 10.3. The van der Waals surface area contributed by atoms with E-state index in [0.717, 1.165) is 27.7 Å². The standard InChI is InChI=1S/C5H9NO3S.C2H8N2.4C2H4O2/c1-3(7)6-4(2-10)5(8)9;3-1-2-4;4*1-2(3)4/h4,10H,2H2,1H3,(H,6,7)(H,8,9);1-4H2;4*1H3,(H,3,4). The van der Waals surface area contributed by atoms with Gasteiger partial charge in [0.1, 0.15) is 6.04 Å². The molecule has 1 atom stereocenters. The molecular weight excluding hydrogens is 430 g/mol. The van der Waals surface area contributed by atoms with Crippen LogP contribution in [0.5, 0.6) is 0 Å². The second-order valence-electron chi connectivity index (χ2n) is 4.43. The lowest BCUT2D eigenvalue weighted by atomic mass is 10.3. The Morgan fingerprint density at radius 2 is 0.900 bits per heavy atom. The van der Waals surface area contributed by atoms with Crippen LogP contribution in [0.15, 0.2) is 0 Å². The third kappa shape index (κ3) is 222. The highest BCUT2D eigenvalue weighted by Crippen LogP contribution is 1.86. The maximum absolute atomic E-state index is 10.3. The van der Waals surface area contributed by atoms with Gasteiger partial charge in [0.05, 0.1) is 0 Å². The van der Waals surface area contributed by atoms with Crippen LogP contribution in [0.4, 0.5) is 0 Å². The van der Waals surface area contributed by atoms with Crippen LogP contribution in [0.2, 0.25) is 0 Å². The Kier molecular flexibility index (Phi) is 46.5. The lowest BCUT2D eigenvalue weighted by Crippen LogP contribution is -2.40. The average molecular weight is 464 g/mol. The van der Waals surface area contributed by atoms with E-state index in [1.54, 1.807) is 0 Å². The first kappa shape index (κ1) is 41.5. The van der Waals surface area contributed by atoms with Crippen molar-refractivity contribution in [3.05, 3.63) is 0 Å². The van der Waals surface area contributed by atoms with Crippen molar-refractivity contribution in [1.29, 1.82) is 0 Å². The van der Waals surface area contributed by atoms with Crippen LogP contribution in [0.3, 0.4) is 0 Å². The van der Waals surface area contributed by atoms with E-state index < -0.39 is 35.9 Å². The monoisotopic (exact) mass is 463 g/mol. The van der Waals surface area contributed by atoms with Gasteiger partial charge >= 0.3 is 5.97 Å². The summed E-state index contributed by atoms with van der Waals surface area (Å²) < 4.78 is 0. The van der Waals surface area contributed by atoms with Gasteiger partial charge in [0.15, 0.2) is 0 Å². The van der Waals surface area contributed by atoms with E-state index in [1.165, 1.54) is 6.92 Å². The zero-order chi connectivity index (χ0) is 25.9. The predicted molar refractivity (Wildman–Crippen MR) is 110 cm³/mol. The number of amides is 1. The molecule has 0 aliphatic heterocycles. The minimum Gasteiger partial charge on any atom is -0.481 e. The Balaban J connectivity index is -0.0000000616. The number of nitrogens with one attached hydrogen (secondary N) is 1. The molecule has 0 heterocycles. The minimum atomic E-state index is -1.06. The van der Waals surface area contributed by atoms with Crippen LogP contribution in [-0.2, 0) is 28.8 Å². The molecule has 10 N–H and O–H groups in total. The highest BCUT2D eigenvalue weighted by Gasteiger charge is 2.15. The van der Waals surface area contributed by atoms with Gasteiger partial charge in [-0.25, -0.2) is 4.79 Å². The largest absolute Gasteiger partial charge is 0.481 e. The Morgan fingerprint density at radius 1 is 0.700 bits per heavy atom. The zero-order valence-corrected chi connectivity index (χ0v) is 18.4. The van der Waals surface area contributed by atoms with E-state index in [2.05, 4.69) is 17.9 Å². The summed E-state index contributed by atoms with van der Waals surface area (Å²) in [6, 6.07) is -0.874. The lowest BCUT2D eigenvalue weighted by molar-refractivity contribution is -0.141. The van der Waals surface area contributed by atoms with Gasteiger partial charge in [-0.15, -0.1) is 0 Å². The van der Waals surface area contributed by atoms with Gasteiger partial charge in [-0.2, -0.15) is 12.6 Å². The number of thiol groups is 1. The summed E-state index contributed by atoms with van der Waals surface area (Å²) >= 11 is 3.73. The molecular formula is C15H33N3O11S. The number of nitrogens with two attached hydrogens (primary N) is 2. The van der Waals surface area contributed by atoms with Gasteiger partial charge in [0.2, 0.25) is 5.91 Å². The Bertz CT molecular complexity index is 422. The van der Waals surface area contributed by atoms with E-state index in [9.17, 15) is 9.59 Å². The van der Waals surface area contributed by atoms with Crippen molar-refractivity contribution in [2.45, 2.75) is 40.7 Å². The second kappa shape index (κ2) is 33.7. The molecule has 0 aliphatic carbocycles. The molecule has 0 aromatic rings. The number of hydrogen-bond acceptors (Lipinski definition) is 9. The van der Waals surface area contributed by atoms with E-state index in [4.69, 9.17) is 56.2 Å². The summed E-state index contributed by atoms with van der Waals surface area (Å²) in [6.07, 6.45) is 0. The molecule has 1 amide bonds. The predicted octanol–water partition coefficient (Wildman–Crippen LogP) is -1.23. The fraction of sp³-hybridized carbons (Fsp3) is 0.600. The molecule has 0 aromatic heterocycles. The number of carboxylic acids is 5. The molecule has 14 nitrogen and oxygen atoms in total. The average Bonchev–Trinajstić information content (AvgIpc) is 2.50. The van der Waals surface area contributed by atoms with Crippen LogP contribution in [0, 0.1) is 0 Å². The molecule has 0 fully saturated rings. The van der Waals surface area contributed by atoms with Crippen LogP contribution in [0.1, 0.15) is 34.6 Å². The molecule has 1 unspecified atom stereocenters. The van der Waals surface area contributed by atoms with Crippen LogP contribution in [0.25, 0.3) is 0 Å². The van der Waals surface area contributed by atoms with E-state index in [1.807, 2.05) is 0 Å². The topological polar surface area (TPSA) is 268 Å². The summed E-state index contributed by atoms with van der Waals surface area (Å²) in [5, 5.41) is 40.2. The van der Waals surface area contributed by atoms with Gasteiger partial charge in [-0.1, -0.05) is 0 Å². The molecule has 0 radical (unpaired) electrons. The number of aliphatic carboxylic acids is 5. The third-order valence-electron chi connectivity index (χ3n) is 1.02. The van der Waals surface area contributed by atoms with Gasteiger partial charge in [0.25, 0.3) is 23.9 Å². The fourth-order valence-corrected chi connectivity index (χ4v) is 0.678. The molecule has 15 heteroatoms. The first-order chi connectivity index (χ1) is 13.4. The third-order valence-corrected chi connectivity index (χ3v) is 1.39. The Morgan fingerprint density at radius 3 is 0.933 bits per heavy atom. The highest BCUT2D eigenvalue weighted by atomic mass is 32.1. The first-order valence-corrected chi connectivity index (χ1v) is 8.34. The van der Waals surface area contributed by atoms with E-state index in [0.29, 0.717) is 13.1 Å². The van der Waals surface area contributed by atoms with Crippen LogP contribution in [-0.4, -0.2) is 86.2 Å². The molecule has 0 saturated heterocycles. The van der Waals surface area contributed by atoms with Gasteiger partial charge in [-0.3, -0.25) is 24.0 Å². The van der Waals surface area contributed by atoms with Gasteiger partial charge in [-0.05, 0) is 0 Å². The molecule has 30 heavy (non-hydrogen) atoms. The molecule has 0 saturated carbocycles. The molecule has 0 aliphatic rings. The number of carboxylic acid groups (broad SMARTS) is 5. The summed E-state index contributed by atoms with van der Waals surface area (Å²) in [6.45, 7) is 6.79. The minimum absolute atomic E-state index is 0.106. The zero-order valence-electron chi connectivity index (χ0n) is 17.5. The van der Waals surface area contributed by atoms with Gasteiger partial charge < -0.3 is 42.3 Å². The maximum Gasteiger partial charge on any atom is 0.327 e.